The first-order chi connectivity index (χ1) is 15.9. The largest absolute Gasteiger partial charge is 0.348 e. The zero-order chi connectivity index (χ0) is 23.4. The average molecular weight is 446 g/mol. The highest BCUT2D eigenvalue weighted by Crippen LogP contribution is 2.23. The molecule has 0 radical (unpaired) electrons. The van der Waals surface area contributed by atoms with Gasteiger partial charge in [0.05, 0.1) is 12.4 Å². The van der Waals surface area contributed by atoms with Crippen molar-refractivity contribution in [2.24, 2.45) is 0 Å². The van der Waals surface area contributed by atoms with Crippen LogP contribution in [0.3, 0.4) is 0 Å². The first kappa shape index (κ1) is 22.3. The van der Waals surface area contributed by atoms with Crippen LogP contribution >= 0.6 is 0 Å². The van der Waals surface area contributed by atoms with Crippen LogP contribution in [0.25, 0.3) is 5.69 Å². The Hall–Kier alpha value is -3.94. The molecule has 1 aliphatic heterocycles. The van der Waals surface area contributed by atoms with Gasteiger partial charge in [-0.2, -0.15) is 0 Å². The van der Waals surface area contributed by atoms with Gasteiger partial charge in [0, 0.05) is 18.1 Å². The van der Waals surface area contributed by atoms with E-state index in [1.54, 1.807) is 19.4 Å². The van der Waals surface area contributed by atoms with Gasteiger partial charge in [0.2, 0.25) is 5.91 Å². The first-order valence-electron chi connectivity index (χ1n) is 10.9. The van der Waals surface area contributed by atoms with Crippen LogP contribution < -0.4 is 10.6 Å². The lowest BCUT2D eigenvalue weighted by atomic mass is 9.93. The summed E-state index contributed by atoms with van der Waals surface area (Å²) in [5, 5.41) is 5.63. The molecule has 4 amide bonds. The van der Waals surface area contributed by atoms with E-state index in [0.717, 1.165) is 21.7 Å². The Morgan fingerprint density at radius 2 is 1.85 bits per heavy atom. The summed E-state index contributed by atoms with van der Waals surface area (Å²) in [7, 11) is 0. The van der Waals surface area contributed by atoms with E-state index in [9.17, 15) is 14.4 Å². The minimum Gasteiger partial charge on any atom is -0.348 e. The van der Waals surface area contributed by atoms with Crippen LogP contribution in [-0.4, -0.2) is 44.4 Å². The Balaban J connectivity index is 1.33. The van der Waals surface area contributed by atoms with Crippen LogP contribution in [0, 0.1) is 0 Å². The monoisotopic (exact) mass is 445 g/mol. The lowest BCUT2D eigenvalue weighted by Crippen LogP contribution is -2.45. The lowest BCUT2D eigenvalue weighted by molar-refractivity contribution is -0.134. The van der Waals surface area contributed by atoms with Crippen molar-refractivity contribution in [1.29, 1.82) is 0 Å². The third kappa shape index (κ3) is 4.95. The predicted molar refractivity (Wildman–Crippen MR) is 124 cm³/mol. The summed E-state index contributed by atoms with van der Waals surface area (Å²) in [4.78, 5) is 43.1. The highest BCUT2D eigenvalue weighted by molar-refractivity contribution is 6.08. The fourth-order valence-electron chi connectivity index (χ4n) is 3.96. The number of urea groups is 1. The van der Waals surface area contributed by atoms with Crippen molar-refractivity contribution in [2.45, 2.75) is 38.3 Å². The highest BCUT2D eigenvalue weighted by atomic mass is 16.2. The van der Waals surface area contributed by atoms with E-state index in [0.29, 0.717) is 12.8 Å². The molecule has 0 saturated carbocycles. The minimum atomic E-state index is -1.03. The van der Waals surface area contributed by atoms with E-state index in [2.05, 4.69) is 15.6 Å². The molecular weight excluding hydrogens is 418 g/mol. The molecule has 8 heteroatoms. The number of nitrogens with one attached hydrogen (secondary N) is 2. The maximum atomic E-state index is 13.0. The van der Waals surface area contributed by atoms with Crippen LogP contribution in [0.5, 0.6) is 0 Å². The average Bonchev–Trinajstić information content (AvgIpc) is 3.42. The van der Waals surface area contributed by atoms with E-state index >= 15 is 0 Å². The van der Waals surface area contributed by atoms with Crippen LogP contribution in [0.2, 0.25) is 0 Å². The molecule has 33 heavy (non-hydrogen) atoms. The molecule has 2 aromatic carbocycles. The van der Waals surface area contributed by atoms with E-state index in [1.165, 1.54) is 0 Å². The molecule has 0 bridgehead atoms. The topological polar surface area (TPSA) is 96.3 Å². The number of carbonyl (C=O) groups is 3. The number of rotatable bonds is 8. The number of imidazole rings is 1. The Labute approximate surface area is 192 Å². The first-order valence-corrected chi connectivity index (χ1v) is 10.9. The standard InChI is InChI=1S/C25H27N5O3/c1-18(20-8-10-21(11-9-20)29-15-14-26-17-29)27-22(31)16-30-23(32)25(2,28-24(30)33)13-12-19-6-4-3-5-7-19/h3-11,14-15,17-18H,12-13,16H2,1-2H3,(H,27,31)(H,28,33)/t18-,25+/m0/s1. The number of benzene rings is 2. The van der Waals surface area contributed by atoms with E-state index in [-0.39, 0.29) is 18.5 Å². The molecule has 1 saturated heterocycles. The maximum absolute atomic E-state index is 13.0. The second kappa shape index (κ2) is 9.28. The normalized spacial score (nSPS) is 18.8. The summed E-state index contributed by atoms with van der Waals surface area (Å²) in [6, 6.07) is 16.7. The van der Waals surface area contributed by atoms with E-state index in [1.807, 2.05) is 72.3 Å². The molecule has 2 heterocycles. The smallest absolute Gasteiger partial charge is 0.325 e. The minimum absolute atomic E-state index is 0.278. The van der Waals surface area contributed by atoms with Crippen LogP contribution in [-0.2, 0) is 16.0 Å². The quantitative estimate of drug-likeness (QED) is 0.521. The Bertz CT molecular complexity index is 1130. The van der Waals surface area contributed by atoms with Gasteiger partial charge in [-0.15, -0.1) is 0 Å². The van der Waals surface area contributed by atoms with Crippen molar-refractivity contribution >= 4 is 17.8 Å². The van der Waals surface area contributed by atoms with Crippen molar-refractivity contribution in [1.82, 2.24) is 25.1 Å². The molecule has 0 spiro atoms. The number of aromatic nitrogens is 2. The Kier molecular flexibility index (Phi) is 6.26. The molecule has 1 aliphatic rings. The molecule has 3 aromatic rings. The molecular formula is C25H27N5O3. The van der Waals surface area contributed by atoms with Gasteiger partial charge >= 0.3 is 6.03 Å². The zero-order valence-corrected chi connectivity index (χ0v) is 18.7. The number of amides is 4. The third-order valence-electron chi connectivity index (χ3n) is 5.98. The van der Waals surface area contributed by atoms with E-state index in [4.69, 9.17) is 0 Å². The Morgan fingerprint density at radius 1 is 1.12 bits per heavy atom. The summed E-state index contributed by atoms with van der Waals surface area (Å²) in [6.07, 6.45) is 6.38. The van der Waals surface area contributed by atoms with Gasteiger partial charge in [0.1, 0.15) is 12.1 Å². The van der Waals surface area contributed by atoms with E-state index < -0.39 is 17.5 Å². The summed E-state index contributed by atoms with van der Waals surface area (Å²) >= 11 is 0. The van der Waals surface area contributed by atoms with Crippen LogP contribution in [0.1, 0.15) is 37.4 Å². The van der Waals surface area contributed by atoms with Crippen LogP contribution in [0.4, 0.5) is 4.79 Å². The fourth-order valence-corrected chi connectivity index (χ4v) is 3.96. The van der Waals surface area contributed by atoms with Gasteiger partial charge in [-0.3, -0.25) is 14.5 Å². The summed E-state index contributed by atoms with van der Waals surface area (Å²) in [5.41, 5.74) is 1.94. The molecule has 170 valence electrons. The van der Waals surface area contributed by atoms with Crippen molar-refractivity contribution in [3.05, 3.63) is 84.4 Å². The molecule has 0 aliphatic carbocycles. The number of hydrogen-bond acceptors (Lipinski definition) is 4. The lowest BCUT2D eigenvalue weighted by Gasteiger charge is -2.22. The number of nitrogens with zero attached hydrogens (tertiary/aromatic N) is 3. The number of carbonyl (C=O) groups excluding carboxylic acids is 3. The molecule has 2 atom stereocenters. The second-order valence-electron chi connectivity index (χ2n) is 8.49. The van der Waals surface area contributed by atoms with Gasteiger partial charge in [0.15, 0.2) is 0 Å². The third-order valence-corrected chi connectivity index (χ3v) is 5.98. The van der Waals surface area contributed by atoms with Gasteiger partial charge in [0.25, 0.3) is 5.91 Å². The SMILES string of the molecule is C[C@H](NC(=O)CN1C(=O)N[C@](C)(CCc2ccccc2)C1=O)c1ccc(-n2ccnc2)cc1. The highest BCUT2D eigenvalue weighted by Gasteiger charge is 2.47. The summed E-state index contributed by atoms with van der Waals surface area (Å²) in [5.74, 6) is -0.770. The maximum Gasteiger partial charge on any atom is 0.325 e. The number of hydrogen-bond donors (Lipinski definition) is 2. The molecule has 0 unspecified atom stereocenters. The zero-order valence-electron chi connectivity index (χ0n) is 18.7. The summed E-state index contributed by atoms with van der Waals surface area (Å²) in [6.45, 7) is 3.25. The molecule has 1 fully saturated rings. The van der Waals surface area contributed by atoms with Gasteiger partial charge < -0.3 is 15.2 Å². The fraction of sp³-hybridized carbons (Fsp3) is 0.280. The predicted octanol–water partition coefficient (Wildman–Crippen LogP) is 2.99. The molecule has 4 rings (SSSR count). The second-order valence-corrected chi connectivity index (χ2v) is 8.49. The molecule has 8 nitrogen and oxygen atoms in total. The summed E-state index contributed by atoms with van der Waals surface area (Å²) < 4.78 is 1.89. The van der Waals surface area contributed by atoms with Crippen molar-refractivity contribution < 1.29 is 14.4 Å². The van der Waals surface area contributed by atoms with Crippen LogP contribution in [0.15, 0.2) is 73.3 Å². The van der Waals surface area contributed by atoms with Crippen molar-refractivity contribution in [2.75, 3.05) is 6.54 Å². The number of aryl methyl sites for hydroxylation is 1. The Morgan fingerprint density at radius 3 is 2.52 bits per heavy atom. The van der Waals surface area contributed by atoms with Gasteiger partial charge in [-0.25, -0.2) is 9.78 Å². The van der Waals surface area contributed by atoms with Crippen molar-refractivity contribution in [3.63, 3.8) is 0 Å². The molecule has 1 aromatic heterocycles. The van der Waals surface area contributed by atoms with Gasteiger partial charge in [-0.1, -0.05) is 42.5 Å². The molecule has 2 N–H and O–H groups in total. The van der Waals surface area contributed by atoms with Gasteiger partial charge in [-0.05, 0) is 49.9 Å². The number of imide groups is 1. The van der Waals surface area contributed by atoms with Crippen molar-refractivity contribution in [3.8, 4) is 5.69 Å².